The van der Waals surface area contributed by atoms with Gasteiger partial charge in [0.1, 0.15) is 0 Å². The zero-order chi connectivity index (χ0) is 8.55. The van der Waals surface area contributed by atoms with Gasteiger partial charge >= 0.3 is 0 Å². The zero-order valence-corrected chi connectivity index (χ0v) is 8.12. The molecule has 2 heteroatoms. The molecule has 0 aromatic carbocycles. The van der Waals surface area contributed by atoms with Crippen molar-refractivity contribution in [2.75, 3.05) is 26.3 Å². The predicted octanol–water partition coefficient (Wildman–Crippen LogP) is 1.36. The molecule has 2 rings (SSSR count). The number of rotatable bonds is 1. The van der Waals surface area contributed by atoms with Gasteiger partial charge in [-0.05, 0) is 18.3 Å². The Morgan fingerprint density at radius 2 is 2.25 bits per heavy atom. The van der Waals surface area contributed by atoms with E-state index < -0.39 is 0 Å². The summed E-state index contributed by atoms with van der Waals surface area (Å²) in [6, 6.07) is 0.742. The van der Waals surface area contributed by atoms with Gasteiger partial charge in [0.2, 0.25) is 0 Å². The number of hydrogen-bond donors (Lipinski definition) is 0. The van der Waals surface area contributed by atoms with Gasteiger partial charge in [-0.25, -0.2) is 0 Å². The highest BCUT2D eigenvalue weighted by Gasteiger charge is 2.34. The summed E-state index contributed by atoms with van der Waals surface area (Å²) in [4.78, 5) is 2.61. The molecule has 2 fully saturated rings. The first kappa shape index (κ1) is 8.52. The summed E-state index contributed by atoms with van der Waals surface area (Å²) in [6.45, 7) is 9.07. The fourth-order valence-electron chi connectivity index (χ4n) is 2.35. The molecule has 2 atom stereocenters. The molecule has 12 heavy (non-hydrogen) atoms. The van der Waals surface area contributed by atoms with Gasteiger partial charge in [-0.1, -0.05) is 13.8 Å². The average Bonchev–Trinajstić information content (AvgIpc) is 2.46. The molecule has 0 aromatic heterocycles. The number of fused-ring (bicyclic) bond motifs is 1. The highest BCUT2D eigenvalue weighted by Crippen LogP contribution is 2.30. The lowest BCUT2D eigenvalue weighted by molar-refractivity contribution is 0.0127. The molecule has 0 N–H and O–H groups in total. The Morgan fingerprint density at radius 1 is 1.42 bits per heavy atom. The van der Waals surface area contributed by atoms with Crippen LogP contribution in [-0.2, 0) is 4.74 Å². The third-order valence-electron chi connectivity index (χ3n) is 3.34. The molecule has 0 amide bonds. The van der Waals surface area contributed by atoms with E-state index in [0.29, 0.717) is 0 Å². The van der Waals surface area contributed by atoms with Gasteiger partial charge in [0, 0.05) is 19.1 Å². The first-order valence-corrected chi connectivity index (χ1v) is 5.09. The lowest BCUT2D eigenvalue weighted by Crippen LogP contribution is -2.40. The first-order chi connectivity index (χ1) is 5.77. The van der Waals surface area contributed by atoms with Crippen molar-refractivity contribution in [2.24, 2.45) is 11.8 Å². The maximum Gasteiger partial charge on any atom is 0.0622 e. The van der Waals surface area contributed by atoms with E-state index in [-0.39, 0.29) is 0 Å². The lowest BCUT2D eigenvalue weighted by Gasteiger charge is -2.28. The van der Waals surface area contributed by atoms with Crippen LogP contribution >= 0.6 is 0 Å². The maximum absolute atomic E-state index is 5.47. The molecule has 2 nitrogen and oxygen atoms in total. The van der Waals surface area contributed by atoms with E-state index in [2.05, 4.69) is 18.7 Å². The molecule has 2 saturated heterocycles. The molecule has 0 radical (unpaired) electrons. The molecule has 0 aliphatic carbocycles. The van der Waals surface area contributed by atoms with Crippen molar-refractivity contribution in [3.8, 4) is 0 Å². The van der Waals surface area contributed by atoms with Crippen LogP contribution in [-0.4, -0.2) is 37.2 Å². The van der Waals surface area contributed by atoms with Gasteiger partial charge < -0.3 is 4.74 Å². The van der Waals surface area contributed by atoms with Crippen LogP contribution in [0, 0.1) is 11.8 Å². The van der Waals surface area contributed by atoms with Crippen LogP contribution in [0.4, 0.5) is 0 Å². The molecule has 0 bridgehead atoms. The number of morpholine rings is 1. The third kappa shape index (κ3) is 1.50. The Morgan fingerprint density at radius 3 is 2.92 bits per heavy atom. The predicted molar refractivity (Wildman–Crippen MR) is 49.1 cm³/mol. The Balaban J connectivity index is 1.94. The lowest BCUT2D eigenvalue weighted by atomic mass is 9.93. The van der Waals surface area contributed by atoms with Crippen LogP contribution in [0.3, 0.4) is 0 Å². The largest absolute Gasteiger partial charge is 0.378 e. The molecule has 2 heterocycles. The van der Waals surface area contributed by atoms with E-state index in [4.69, 9.17) is 4.74 Å². The number of nitrogens with zero attached hydrogens (tertiary/aromatic N) is 1. The van der Waals surface area contributed by atoms with Crippen molar-refractivity contribution in [1.29, 1.82) is 0 Å². The van der Waals surface area contributed by atoms with E-state index in [0.717, 1.165) is 37.6 Å². The second-order valence-electron chi connectivity index (χ2n) is 4.46. The van der Waals surface area contributed by atoms with Crippen LogP contribution in [0.15, 0.2) is 0 Å². The minimum Gasteiger partial charge on any atom is -0.378 e. The quantitative estimate of drug-likeness (QED) is 0.587. The standard InChI is InChI=1S/C10H19NO/c1-8(2)9-5-10-7-12-4-3-11(10)6-9/h8-10H,3-7H2,1-2H3. The molecule has 2 aliphatic heterocycles. The van der Waals surface area contributed by atoms with Crippen LogP contribution < -0.4 is 0 Å². The van der Waals surface area contributed by atoms with Crippen molar-refractivity contribution in [2.45, 2.75) is 26.3 Å². The third-order valence-corrected chi connectivity index (χ3v) is 3.34. The van der Waals surface area contributed by atoms with Crippen LogP contribution in [0.2, 0.25) is 0 Å². The van der Waals surface area contributed by atoms with Gasteiger partial charge in [-0.15, -0.1) is 0 Å². The first-order valence-electron chi connectivity index (χ1n) is 5.09. The monoisotopic (exact) mass is 169 g/mol. The van der Waals surface area contributed by atoms with Gasteiger partial charge in [0.05, 0.1) is 13.2 Å². The van der Waals surface area contributed by atoms with Gasteiger partial charge in [-0.3, -0.25) is 4.90 Å². The van der Waals surface area contributed by atoms with Crippen molar-refractivity contribution in [1.82, 2.24) is 4.90 Å². The van der Waals surface area contributed by atoms with Crippen molar-refractivity contribution in [3.63, 3.8) is 0 Å². The molecular weight excluding hydrogens is 150 g/mol. The highest BCUT2D eigenvalue weighted by atomic mass is 16.5. The van der Waals surface area contributed by atoms with Gasteiger partial charge in [0.15, 0.2) is 0 Å². The smallest absolute Gasteiger partial charge is 0.0622 e. The Labute approximate surface area is 74.9 Å². The summed E-state index contributed by atoms with van der Waals surface area (Å²) < 4.78 is 5.47. The van der Waals surface area contributed by atoms with E-state index >= 15 is 0 Å². The molecule has 2 aliphatic rings. The van der Waals surface area contributed by atoms with E-state index in [1.165, 1.54) is 13.0 Å². The fraction of sp³-hybridized carbons (Fsp3) is 1.00. The average molecular weight is 169 g/mol. The van der Waals surface area contributed by atoms with E-state index in [9.17, 15) is 0 Å². The Hall–Kier alpha value is -0.0800. The molecule has 70 valence electrons. The number of hydrogen-bond acceptors (Lipinski definition) is 2. The summed E-state index contributed by atoms with van der Waals surface area (Å²) in [5.41, 5.74) is 0. The van der Waals surface area contributed by atoms with Crippen molar-refractivity contribution < 1.29 is 4.74 Å². The van der Waals surface area contributed by atoms with Gasteiger partial charge in [-0.2, -0.15) is 0 Å². The SMILES string of the molecule is CC(C)C1CC2COCCN2C1. The summed E-state index contributed by atoms with van der Waals surface area (Å²) in [6.07, 6.45) is 1.36. The minimum atomic E-state index is 0.742. The molecular formula is C10H19NO. The Bertz CT molecular complexity index is 144. The highest BCUT2D eigenvalue weighted by molar-refractivity contribution is 4.88. The van der Waals surface area contributed by atoms with E-state index in [1.54, 1.807) is 0 Å². The summed E-state index contributed by atoms with van der Waals surface area (Å²) in [7, 11) is 0. The molecule has 0 spiro atoms. The molecule has 0 aromatic rings. The molecule has 0 saturated carbocycles. The topological polar surface area (TPSA) is 12.5 Å². The summed E-state index contributed by atoms with van der Waals surface area (Å²) >= 11 is 0. The number of ether oxygens (including phenoxy) is 1. The van der Waals surface area contributed by atoms with Crippen LogP contribution in [0.5, 0.6) is 0 Å². The van der Waals surface area contributed by atoms with Crippen LogP contribution in [0.25, 0.3) is 0 Å². The zero-order valence-electron chi connectivity index (χ0n) is 8.12. The summed E-state index contributed by atoms with van der Waals surface area (Å²) in [5.74, 6) is 1.76. The molecule has 2 unspecified atom stereocenters. The second-order valence-corrected chi connectivity index (χ2v) is 4.46. The van der Waals surface area contributed by atoms with Crippen molar-refractivity contribution in [3.05, 3.63) is 0 Å². The van der Waals surface area contributed by atoms with Crippen LogP contribution in [0.1, 0.15) is 20.3 Å². The van der Waals surface area contributed by atoms with E-state index in [1.807, 2.05) is 0 Å². The summed E-state index contributed by atoms with van der Waals surface area (Å²) in [5, 5.41) is 0. The Kier molecular flexibility index (Phi) is 2.37. The van der Waals surface area contributed by atoms with Gasteiger partial charge in [0.25, 0.3) is 0 Å². The fourth-order valence-corrected chi connectivity index (χ4v) is 2.35. The van der Waals surface area contributed by atoms with Crippen molar-refractivity contribution >= 4 is 0 Å². The minimum absolute atomic E-state index is 0.742. The second kappa shape index (κ2) is 3.35. The normalized spacial score (nSPS) is 37.2. The maximum atomic E-state index is 5.47.